The number of hydrazone groups is 2. The first-order valence-corrected chi connectivity index (χ1v) is 9.84. The molecule has 12 nitrogen and oxygen atoms in total. The van der Waals surface area contributed by atoms with E-state index in [9.17, 15) is 20.2 Å². The van der Waals surface area contributed by atoms with Crippen molar-refractivity contribution >= 4 is 46.2 Å². The molecule has 0 fully saturated rings. The maximum Gasteiger partial charge on any atom is 0.269 e. The summed E-state index contributed by atoms with van der Waals surface area (Å²) in [7, 11) is 0. The molecular formula is C22H16N8O4. The molecule has 0 saturated carbocycles. The lowest BCUT2D eigenvalue weighted by Crippen LogP contribution is -2.01. The van der Waals surface area contributed by atoms with Gasteiger partial charge in [-0.2, -0.15) is 10.2 Å². The van der Waals surface area contributed by atoms with Crippen LogP contribution in [0, 0.1) is 20.2 Å². The van der Waals surface area contributed by atoms with Gasteiger partial charge in [0.1, 0.15) is 0 Å². The molecule has 0 amide bonds. The van der Waals surface area contributed by atoms with Crippen LogP contribution < -0.4 is 10.9 Å². The van der Waals surface area contributed by atoms with Gasteiger partial charge in [0.25, 0.3) is 11.4 Å². The lowest BCUT2D eigenvalue weighted by molar-refractivity contribution is -0.385. The SMILES string of the molecule is O=[N+]([O-])c1ccc(/C=N/Nc2nnc(N/N=C/c3ccc([N+](=O)[O-])cc3)c3ccccc23)cc1. The Bertz CT molecular complexity index is 1300. The fourth-order valence-corrected chi connectivity index (χ4v) is 2.97. The molecule has 34 heavy (non-hydrogen) atoms. The number of rotatable bonds is 8. The van der Waals surface area contributed by atoms with Gasteiger partial charge < -0.3 is 0 Å². The van der Waals surface area contributed by atoms with Crippen LogP contribution in [0.5, 0.6) is 0 Å². The number of non-ortho nitro benzene ring substituents is 2. The van der Waals surface area contributed by atoms with E-state index in [0.717, 1.165) is 10.8 Å². The van der Waals surface area contributed by atoms with Crippen LogP contribution in [0.2, 0.25) is 0 Å². The smallest absolute Gasteiger partial charge is 0.259 e. The molecule has 168 valence electrons. The highest BCUT2D eigenvalue weighted by atomic mass is 16.6. The molecule has 12 heteroatoms. The van der Waals surface area contributed by atoms with Crippen LogP contribution in [0.4, 0.5) is 23.0 Å². The van der Waals surface area contributed by atoms with Crippen LogP contribution >= 0.6 is 0 Å². The van der Waals surface area contributed by atoms with E-state index in [4.69, 9.17) is 0 Å². The molecule has 4 rings (SSSR count). The van der Waals surface area contributed by atoms with Gasteiger partial charge in [-0.3, -0.25) is 31.1 Å². The van der Waals surface area contributed by atoms with Gasteiger partial charge in [-0.15, -0.1) is 10.2 Å². The van der Waals surface area contributed by atoms with Gasteiger partial charge in [0.15, 0.2) is 11.6 Å². The van der Waals surface area contributed by atoms with Gasteiger partial charge >= 0.3 is 0 Å². The topological polar surface area (TPSA) is 161 Å². The molecule has 0 aliphatic rings. The number of nitro benzene ring substituents is 2. The van der Waals surface area contributed by atoms with Gasteiger partial charge in [0.05, 0.1) is 22.3 Å². The summed E-state index contributed by atoms with van der Waals surface area (Å²) in [5.41, 5.74) is 7.03. The molecule has 0 bridgehead atoms. The quantitative estimate of drug-likeness (QED) is 0.225. The largest absolute Gasteiger partial charge is 0.269 e. The number of hydrogen-bond acceptors (Lipinski definition) is 10. The Balaban J connectivity index is 1.48. The number of hydrogen-bond donors (Lipinski definition) is 2. The van der Waals surface area contributed by atoms with Crippen molar-refractivity contribution < 1.29 is 9.85 Å². The summed E-state index contributed by atoms with van der Waals surface area (Å²) in [6, 6.07) is 19.3. The van der Waals surface area contributed by atoms with Crippen molar-refractivity contribution in [2.75, 3.05) is 10.9 Å². The first-order valence-electron chi connectivity index (χ1n) is 9.84. The van der Waals surface area contributed by atoms with E-state index < -0.39 is 9.85 Å². The van der Waals surface area contributed by atoms with Crippen molar-refractivity contribution in [3.63, 3.8) is 0 Å². The number of benzene rings is 3. The van der Waals surface area contributed by atoms with Gasteiger partial charge in [0, 0.05) is 35.0 Å². The number of nitro groups is 2. The standard InChI is InChI=1S/C22H16N8O4/c31-29(32)17-9-5-15(6-10-17)13-23-25-21-19-3-1-2-4-20(19)22(28-27-21)26-24-14-16-7-11-18(12-8-16)30(33)34/h1-14H,(H,25,27)(H,26,28)/b23-13+,24-14+. The molecule has 0 aliphatic carbocycles. The Labute approximate surface area is 192 Å². The van der Waals surface area contributed by atoms with E-state index in [1.165, 1.54) is 36.7 Å². The number of anilines is 2. The van der Waals surface area contributed by atoms with E-state index in [-0.39, 0.29) is 11.4 Å². The average Bonchev–Trinajstić information content (AvgIpc) is 2.85. The number of aromatic nitrogens is 2. The Morgan fingerprint density at radius 2 is 1.03 bits per heavy atom. The molecular weight excluding hydrogens is 440 g/mol. The summed E-state index contributed by atoms with van der Waals surface area (Å²) < 4.78 is 0. The number of fused-ring (bicyclic) bond motifs is 1. The maximum atomic E-state index is 10.7. The highest BCUT2D eigenvalue weighted by Crippen LogP contribution is 2.26. The van der Waals surface area contributed by atoms with Crippen LogP contribution in [0.3, 0.4) is 0 Å². The first-order chi connectivity index (χ1) is 16.5. The fourth-order valence-electron chi connectivity index (χ4n) is 2.97. The molecule has 0 saturated heterocycles. The van der Waals surface area contributed by atoms with Crippen LogP contribution in [0.25, 0.3) is 10.8 Å². The zero-order valence-corrected chi connectivity index (χ0v) is 17.4. The lowest BCUT2D eigenvalue weighted by Gasteiger charge is -2.07. The minimum Gasteiger partial charge on any atom is -0.259 e. The Morgan fingerprint density at radius 3 is 1.38 bits per heavy atom. The first kappa shape index (κ1) is 22.0. The number of nitrogens with one attached hydrogen (secondary N) is 2. The third-order valence-corrected chi connectivity index (χ3v) is 4.66. The molecule has 0 spiro atoms. The van der Waals surface area contributed by atoms with E-state index in [0.29, 0.717) is 22.8 Å². The second-order valence-corrected chi connectivity index (χ2v) is 6.88. The molecule has 1 aromatic heterocycles. The minimum atomic E-state index is -0.466. The zero-order chi connectivity index (χ0) is 23.9. The van der Waals surface area contributed by atoms with Gasteiger partial charge in [-0.1, -0.05) is 24.3 Å². The summed E-state index contributed by atoms with van der Waals surface area (Å²) in [6.45, 7) is 0. The van der Waals surface area contributed by atoms with Crippen molar-refractivity contribution in [1.82, 2.24) is 10.2 Å². The van der Waals surface area contributed by atoms with Gasteiger partial charge in [-0.25, -0.2) is 0 Å². The van der Waals surface area contributed by atoms with Crippen molar-refractivity contribution in [2.24, 2.45) is 10.2 Å². The van der Waals surface area contributed by atoms with Gasteiger partial charge in [0.2, 0.25) is 0 Å². The molecule has 4 aromatic rings. The zero-order valence-electron chi connectivity index (χ0n) is 17.4. The third-order valence-electron chi connectivity index (χ3n) is 4.66. The van der Waals surface area contributed by atoms with E-state index in [1.54, 1.807) is 24.3 Å². The van der Waals surface area contributed by atoms with Crippen LogP contribution in [0.1, 0.15) is 11.1 Å². The summed E-state index contributed by atoms with van der Waals surface area (Å²) in [4.78, 5) is 20.6. The Hall–Kier alpha value is -5.26. The maximum absolute atomic E-state index is 10.7. The van der Waals surface area contributed by atoms with E-state index in [1.807, 2.05) is 24.3 Å². The molecule has 3 aromatic carbocycles. The highest BCUT2D eigenvalue weighted by Gasteiger charge is 2.08. The van der Waals surface area contributed by atoms with Crippen molar-refractivity contribution in [2.45, 2.75) is 0 Å². The summed E-state index contributed by atoms with van der Waals surface area (Å²) in [6.07, 6.45) is 3.03. The lowest BCUT2D eigenvalue weighted by atomic mass is 10.2. The van der Waals surface area contributed by atoms with Crippen LogP contribution in [-0.4, -0.2) is 32.5 Å². The van der Waals surface area contributed by atoms with Crippen molar-refractivity contribution in [3.05, 3.63) is 104 Å². The molecule has 2 N–H and O–H groups in total. The fraction of sp³-hybridized carbons (Fsp3) is 0. The summed E-state index contributed by atoms with van der Waals surface area (Å²) in [5, 5.41) is 39.6. The second-order valence-electron chi connectivity index (χ2n) is 6.88. The molecule has 1 heterocycles. The molecule has 0 aliphatic heterocycles. The Morgan fingerprint density at radius 1 is 0.647 bits per heavy atom. The molecule has 0 atom stereocenters. The van der Waals surface area contributed by atoms with E-state index in [2.05, 4.69) is 31.3 Å². The summed E-state index contributed by atoms with van der Waals surface area (Å²) in [5.74, 6) is 0.831. The third kappa shape index (κ3) is 5.13. The molecule has 0 radical (unpaired) electrons. The minimum absolute atomic E-state index is 0.00120. The van der Waals surface area contributed by atoms with Crippen molar-refractivity contribution in [1.29, 1.82) is 0 Å². The number of nitrogens with zero attached hydrogens (tertiary/aromatic N) is 6. The van der Waals surface area contributed by atoms with Gasteiger partial charge in [-0.05, 0) is 35.4 Å². The summed E-state index contributed by atoms with van der Waals surface area (Å²) >= 11 is 0. The van der Waals surface area contributed by atoms with Crippen molar-refractivity contribution in [3.8, 4) is 0 Å². The second kappa shape index (κ2) is 9.91. The van der Waals surface area contributed by atoms with Crippen LogP contribution in [0.15, 0.2) is 83.0 Å². The molecule has 0 unspecified atom stereocenters. The Kier molecular flexibility index (Phi) is 6.40. The monoisotopic (exact) mass is 456 g/mol. The average molecular weight is 456 g/mol. The predicted octanol–water partition coefficient (Wildman–Crippen LogP) is 4.34. The highest BCUT2D eigenvalue weighted by molar-refractivity contribution is 5.98. The normalized spacial score (nSPS) is 11.2. The van der Waals surface area contributed by atoms with Crippen LogP contribution in [-0.2, 0) is 0 Å². The predicted molar refractivity (Wildman–Crippen MR) is 128 cm³/mol. The van der Waals surface area contributed by atoms with E-state index >= 15 is 0 Å².